The van der Waals surface area contributed by atoms with Crippen LogP contribution in [0.15, 0.2) is 0 Å². The number of alkyl halides is 1. The highest BCUT2D eigenvalue weighted by Gasteiger charge is 1.97. The van der Waals surface area contributed by atoms with Gasteiger partial charge in [0.2, 0.25) is 0 Å². The van der Waals surface area contributed by atoms with Crippen molar-refractivity contribution in [2.75, 3.05) is 143 Å². The number of ether oxygens (including phenoxy) is 11. The van der Waals surface area contributed by atoms with Gasteiger partial charge in [0, 0.05) is 13.5 Å². The Morgan fingerprint density at radius 1 is 0.366 bits per heavy atom. The minimum Gasteiger partial charge on any atom is -0.463 e. The topological polar surface area (TPSA) is 119 Å². The summed E-state index contributed by atoms with van der Waals surface area (Å²) in [5.41, 5.74) is 0. The van der Waals surface area contributed by atoms with Crippen LogP contribution in [-0.2, 0) is 56.9 Å². The van der Waals surface area contributed by atoms with E-state index in [0.29, 0.717) is 126 Å². The molecule has 0 aromatic carbocycles. The summed E-state index contributed by atoms with van der Waals surface area (Å²) in [7, 11) is 0. The molecule has 0 amide bonds. The monoisotopic (exact) mass is 710 g/mol. The van der Waals surface area contributed by atoms with Crippen molar-refractivity contribution in [3.63, 3.8) is 0 Å². The molecule has 0 fully saturated rings. The minimum atomic E-state index is -0.308. The molecule has 0 saturated heterocycles. The highest BCUT2D eigenvalue weighted by molar-refractivity contribution is 14.1. The van der Waals surface area contributed by atoms with E-state index in [2.05, 4.69) is 22.6 Å². The Kier molecular flexibility index (Phi) is 37.6. The van der Waals surface area contributed by atoms with Crippen molar-refractivity contribution >= 4 is 28.6 Å². The zero-order chi connectivity index (χ0) is 29.7. The maximum atomic E-state index is 10.6. The minimum absolute atomic E-state index is 0.262. The second-order valence-electron chi connectivity index (χ2n) is 8.57. The maximum absolute atomic E-state index is 10.6. The molecule has 0 rings (SSSR count). The van der Waals surface area contributed by atoms with Crippen LogP contribution in [0, 0.1) is 0 Å². The molecule has 0 unspecified atom stereocenters. The molecule has 0 bridgehead atoms. The molecule has 0 spiro atoms. The second kappa shape index (κ2) is 37.8. The Labute approximate surface area is 260 Å². The van der Waals surface area contributed by atoms with Gasteiger partial charge in [0.25, 0.3) is 0 Å². The number of carbonyl (C=O) groups is 1. The van der Waals surface area contributed by atoms with Crippen LogP contribution in [-0.4, -0.2) is 149 Å². The molecule has 0 saturated carbocycles. The molecule has 0 atom stereocenters. The van der Waals surface area contributed by atoms with Crippen LogP contribution in [0.25, 0.3) is 0 Å². The SMILES string of the molecule is CC(=O)OCCOCCOCCOCCOCCOCCOCCOCCOCCOCCOCCCCCCI. The fourth-order valence-electron chi connectivity index (χ4n) is 2.98. The molecule has 0 N–H and O–H groups in total. The first-order valence-corrected chi connectivity index (χ1v) is 16.3. The van der Waals surface area contributed by atoms with Gasteiger partial charge in [-0.15, -0.1) is 0 Å². The average molecular weight is 711 g/mol. The normalized spacial score (nSPS) is 11.4. The number of hydrogen-bond donors (Lipinski definition) is 0. The van der Waals surface area contributed by atoms with E-state index in [9.17, 15) is 4.79 Å². The van der Waals surface area contributed by atoms with Crippen molar-refractivity contribution in [2.45, 2.75) is 32.6 Å². The Morgan fingerprint density at radius 2 is 0.610 bits per heavy atom. The Balaban J connectivity index is 3.03. The van der Waals surface area contributed by atoms with Crippen molar-refractivity contribution in [2.24, 2.45) is 0 Å². The molecule has 0 radical (unpaired) electrons. The molecule has 0 aliphatic heterocycles. The Bertz CT molecular complexity index is 505. The average Bonchev–Trinajstić information content (AvgIpc) is 2.97. The van der Waals surface area contributed by atoms with E-state index in [1.165, 1.54) is 30.6 Å². The standard InChI is InChI=1S/C28H55IO12/c1-28(30)41-27-26-40-25-24-39-23-22-38-21-20-37-19-18-36-17-16-35-15-14-34-13-12-33-11-10-32-9-8-31-7-5-3-2-4-6-29/h2-27H2,1H3. The largest absolute Gasteiger partial charge is 0.463 e. The highest BCUT2D eigenvalue weighted by Crippen LogP contribution is 2.02. The lowest BCUT2D eigenvalue weighted by Crippen LogP contribution is -2.15. The zero-order valence-corrected chi connectivity index (χ0v) is 27.3. The van der Waals surface area contributed by atoms with Crippen molar-refractivity contribution in [3.8, 4) is 0 Å². The van der Waals surface area contributed by atoms with E-state index in [0.717, 1.165) is 13.0 Å². The molecule has 12 nitrogen and oxygen atoms in total. The third-order valence-corrected chi connectivity index (χ3v) is 5.82. The van der Waals surface area contributed by atoms with Gasteiger partial charge >= 0.3 is 5.97 Å². The summed E-state index contributed by atoms with van der Waals surface area (Å²) in [5.74, 6) is -0.308. The van der Waals surface area contributed by atoms with Gasteiger partial charge in [0.1, 0.15) is 6.61 Å². The first kappa shape index (κ1) is 40.8. The predicted octanol–water partition coefficient (Wildman–Crippen LogP) is 2.71. The van der Waals surface area contributed by atoms with Gasteiger partial charge in [-0.25, -0.2) is 0 Å². The molecule has 246 valence electrons. The third kappa shape index (κ3) is 39.8. The Hall–Kier alpha value is -0.200. The third-order valence-electron chi connectivity index (χ3n) is 5.05. The molecule has 0 aromatic rings. The van der Waals surface area contributed by atoms with E-state index < -0.39 is 0 Å². The van der Waals surface area contributed by atoms with Gasteiger partial charge in [-0.2, -0.15) is 0 Å². The van der Waals surface area contributed by atoms with Gasteiger partial charge in [0.15, 0.2) is 0 Å². The predicted molar refractivity (Wildman–Crippen MR) is 162 cm³/mol. The molecule has 0 aliphatic carbocycles. The van der Waals surface area contributed by atoms with Crippen LogP contribution in [0.2, 0.25) is 0 Å². The van der Waals surface area contributed by atoms with Crippen LogP contribution >= 0.6 is 22.6 Å². The molecule has 0 aromatic heterocycles. The molecule has 0 aliphatic rings. The summed E-state index contributed by atoms with van der Waals surface area (Å²) in [6.07, 6.45) is 4.97. The number of hydrogen-bond acceptors (Lipinski definition) is 12. The fraction of sp³-hybridized carbons (Fsp3) is 0.964. The Morgan fingerprint density at radius 3 is 0.878 bits per heavy atom. The van der Waals surface area contributed by atoms with Gasteiger partial charge in [-0.1, -0.05) is 35.4 Å². The van der Waals surface area contributed by atoms with E-state index >= 15 is 0 Å². The smallest absolute Gasteiger partial charge is 0.302 e. The number of unbranched alkanes of at least 4 members (excludes halogenated alkanes) is 3. The van der Waals surface area contributed by atoms with E-state index in [4.69, 9.17) is 52.1 Å². The quantitative estimate of drug-likeness (QED) is 0.0412. The summed E-state index contributed by atoms with van der Waals surface area (Å²) in [5, 5.41) is 0. The van der Waals surface area contributed by atoms with Gasteiger partial charge in [0.05, 0.1) is 126 Å². The van der Waals surface area contributed by atoms with Gasteiger partial charge in [-0.05, 0) is 17.3 Å². The summed E-state index contributed by atoms with van der Waals surface area (Å²) >= 11 is 2.42. The van der Waals surface area contributed by atoms with E-state index in [1.54, 1.807) is 0 Å². The first-order valence-electron chi connectivity index (χ1n) is 14.7. The lowest BCUT2D eigenvalue weighted by Gasteiger charge is -2.09. The van der Waals surface area contributed by atoms with Crippen LogP contribution in [0.3, 0.4) is 0 Å². The van der Waals surface area contributed by atoms with E-state index in [-0.39, 0.29) is 12.6 Å². The highest BCUT2D eigenvalue weighted by atomic mass is 127. The molecule has 13 heteroatoms. The fourth-order valence-corrected chi connectivity index (χ4v) is 3.52. The van der Waals surface area contributed by atoms with Gasteiger partial charge in [-0.3, -0.25) is 4.79 Å². The number of esters is 1. The van der Waals surface area contributed by atoms with Crippen molar-refractivity contribution in [3.05, 3.63) is 0 Å². The van der Waals surface area contributed by atoms with Crippen molar-refractivity contribution in [1.29, 1.82) is 0 Å². The lowest BCUT2D eigenvalue weighted by molar-refractivity contribution is -0.142. The molecular weight excluding hydrogens is 655 g/mol. The summed E-state index contributed by atoms with van der Waals surface area (Å²) < 4.78 is 60.4. The maximum Gasteiger partial charge on any atom is 0.302 e. The second-order valence-corrected chi connectivity index (χ2v) is 9.65. The van der Waals surface area contributed by atoms with Crippen LogP contribution < -0.4 is 0 Å². The van der Waals surface area contributed by atoms with Crippen molar-refractivity contribution < 1.29 is 56.9 Å². The van der Waals surface area contributed by atoms with Crippen LogP contribution in [0.4, 0.5) is 0 Å². The summed E-state index contributed by atoms with van der Waals surface area (Å²) in [6, 6.07) is 0. The molecular formula is C28H55IO12. The van der Waals surface area contributed by atoms with Crippen LogP contribution in [0.1, 0.15) is 32.6 Å². The summed E-state index contributed by atoms with van der Waals surface area (Å²) in [4.78, 5) is 10.6. The van der Waals surface area contributed by atoms with Crippen LogP contribution in [0.5, 0.6) is 0 Å². The summed E-state index contributed by atoms with van der Waals surface area (Å²) in [6.45, 7) is 12.2. The van der Waals surface area contributed by atoms with Gasteiger partial charge < -0.3 is 52.1 Å². The number of rotatable bonds is 36. The van der Waals surface area contributed by atoms with E-state index in [1.807, 2.05) is 0 Å². The first-order chi connectivity index (χ1) is 20.3. The van der Waals surface area contributed by atoms with Crippen molar-refractivity contribution in [1.82, 2.24) is 0 Å². The molecule has 41 heavy (non-hydrogen) atoms. The molecule has 0 heterocycles. The number of halogens is 1. The zero-order valence-electron chi connectivity index (χ0n) is 25.2. The number of carbonyl (C=O) groups excluding carboxylic acids is 1. The lowest BCUT2D eigenvalue weighted by atomic mass is 10.2.